The summed E-state index contributed by atoms with van der Waals surface area (Å²) in [4.78, 5) is 16.9. The van der Waals surface area contributed by atoms with E-state index >= 15 is 0 Å². The highest BCUT2D eigenvalue weighted by Crippen LogP contribution is 2.24. The molecular formula is C21H20ClN3O2. The molecule has 0 radical (unpaired) electrons. The van der Waals surface area contributed by atoms with Gasteiger partial charge in [-0.2, -0.15) is 0 Å². The fraction of sp³-hybridized carbons (Fsp3) is 0.238. The largest absolute Gasteiger partial charge is 0.355 e. The number of benzene rings is 2. The maximum Gasteiger partial charge on any atom is 0.276 e. The lowest BCUT2D eigenvalue weighted by Gasteiger charge is -2.34. The van der Waals surface area contributed by atoms with Crippen LogP contribution in [0.4, 0.5) is 0 Å². The van der Waals surface area contributed by atoms with Gasteiger partial charge in [-0.1, -0.05) is 59.2 Å². The highest BCUT2D eigenvalue weighted by molar-refractivity contribution is 6.30. The molecule has 5 nitrogen and oxygen atoms in total. The van der Waals surface area contributed by atoms with Crippen molar-refractivity contribution in [2.75, 3.05) is 26.2 Å². The van der Waals surface area contributed by atoms with E-state index in [1.165, 1.54) is 5.56 Å². The number of carbonyl (C=O) groups excluding carboxylic acids is 1. The lowest BCUT2D eigenvalue weighted by atomic mass is 10.1. The van der Waals surface area contributed by atoms with Crippen LogP contribution < -0.4 is 0 Å². The molecule has 2 aromatic carbocycles. The second-order valence-corrected chi connectivity index (χ2v) is 7.08. The predicted molar refractivity (Wildman–Crippen MR) is 105 cm³/mol. The van der Waals surface area contributed by atoms with Crippen LogP contribution in [-0.4, -0.2) is 47.0 Å². The summed E-state index contributed by atoms with van der Waals surface area (Å²) < 4.78 is 5.35. The van der Waals surface area contributed by atoms with Gasteiger partial charge in [0.25, 0.3) is 5.91 Å². The van der Waals surface area contributed by atoms with E-state index in [2.05, 4.69) is 34.3 Å². The van der Waals surface area contributed by atoms with Crippen molar-refractivity contribution in [2.45, 2.75) is 6.54 Å². The number of hydrogen-bond donors (Lipinski definition) is 0. The fourth-order valence-electron chi connectivity index (χ4n) is 3.27. The van der Waals surface area contributed by atoms with Crippen LogP contribution in [0.2, 0.25) is 5.02 Å². The average molecular weight is 382 g/mol. The summed E-state index contributed by atoms with van der Waals surface area (Å²) in [7, 11) is 0. The van der Waals surface area contributed by atoms with Crippen LogP contribution in [0.25, 0.3) is 11.3 Å². The van der Waals surface area contributed by atoms with Crippen LogP contribution in [0.1, 0.15) is 16.1 Å². The Morgan fingerprint density at radius 3 is 2.52 bits per heavy atom. The molecule has 0 N–H and O–H groups in total. The van der Waals surface area contributed by atoms with Crippen molar-refractivity contribution >= 4 is 17.5 Å². The summed E-state index contributed by atoms with van der Waals surface area (Å²) in [5.74, 6) is 0.454. The van der Waals surface area contributed by atoms with Crippen molar-refractivity contribution in [2.24, 2.45) is 0 Å². The third kappa shape index (κ3) is 4.21. The molecule has 0 spiro atoms. The molecule has 6 heteroatoms. The number of nitrogens with zero attached hydrogens (tertiary/aromatic N) is 3. The van der Waals surface area contributed by atoms with Gasteiger partial charge in [0.05, 0.1) is 0 Å². The Bertz CT molecular complexity index is 918. The molecule has 1 amide bonds. The Kier molecular flexibility index (Phi) is 5.23. The molecule has 0 unspecified atom stereocenters. The Morgan fingerprint density at radius 2 is 1.78 bits per heavy atom. The first kappa shape index (κ1) is 17.8. The standard InChI is InChI=1S/C21H20ClN3O2/c22-18-8-4-7-17(13-18)20-14-19(23-27-20)21(26)25-11-9-24(10-12-25)15-16-5-2-1-3-6-16/h1-8,13-14H,9-12,15H2. The topological polar surface area (TPSA) is 49.6 Å². The van der Waals surface area contributed by atoms with Crippen LogP contribution in [0, 0.1) is 0 Å². The second kappa shape index (κ2) is 7.94. The molecule has 0 bridgehead atoms. The minimum absolute atomic E-state index is 0.0913. The van der Waals surface area contributed by atoms with E-state index in [1.54, 1.807) is 18.2 Å². The van der Waals surface area contributed by atoms with Crippen molar-refractivity contribution in [3.63, 3.8) is 0 Å². The first-order valence-corrected chi connectivity index (χ1v) is 9.35. The smallest absolute Gasteiger partial charge is 0.276 e. The van der Waals surface area contributed by atoms with E-state index in [9.17, 15) is 4.79 Å². The monoisotopic (exact) mass is 381 g/mol. The number of aromatic nitrogens is 1. The number of piperazine rings is 1. The summed E-state index contributed by atoms with van der Waals surface area (Å²) in [6.07, 6.45) is 0. The highest BCUT2D eigenvalue weighted by atomic mass is 35.5. The minimum Gasteiger partial charge on any atom is -0.355 e. The van der Waals surface area contributed by atoms with Gasteiger partial charge in [0.15, 0.2) is 11.5 Å². The van der Waals surface area contributed by atoms with Crippen LogP contribution in [0.5, 0.6) is 0 Å². The van der Waals surface area contributed by atoms with E-state index in [4.69, 9.17) is 16.1 Å². The van der Waals surface area contributed by atoms with E-state index in [0.29, 0.717) is 29.6 Å². The fourth-order valence-corrected chi connectivity index (χ4v) is 3.46. The van der Waals surface area contributed by atoms with E-state index < -0.39 is 0 Å². The van der Waals surface area contributed by atoms with Crippen molar-refractivity contribution in [1.29, 1.82) is 0 Å². The number of rotatable bonds is 4. The van der Waals surface area contributed by atoms with E-state index in [1.807, 2.05) is 23.1 Å². The quantitative estimate of drug-likeness (QED) is 0.686. The lowest BCUT2D eigenvalue weighted by Crippen LogP contribution is -2.48. The summed E-state index contributed by atoms with van der Waals surface area (Å²) in [5, 5.41) is 4.58. The van der Waals surface area contributed by atoms with Crippen LogP contribution in [0.3, 0.4) is 0 Å². The molecule has 2 heterocycles. The molecule has 0 atom stereocenters. The van der Waals surface area contributed by atoms with Gasteiger partial charge in [-0.25, -0.2) is 0 Å². The Morgan fingerprint density at radius 1 is 1.00 bits per heavy atom. The number of halogens is 1. The first-order chi connectivity index (χ1) is 13.2. The highest BCUT2D eigenvalue weighted by Gasteiger charge is 2.24. The molecule has 27 heavy (non-hydrogen) atoms. The normalized spacial score (nSPS) is 15.1. The molecule has 3 aromatic rings. The molecule has 0 aliphatic carbocycles. The molecule has 1 saturated heterocycles. The van der Waals surface area contributed by atoms with Gasteiger partial charge in [0.1, 0.15) is 0 Å². The minimum atomic E-state index is -0.0913. The summed E-state index contributed by atoms with van der Waals surface area (Å²) in [6, 6.07) is 19.4. The van der Waals surface area contributed by atoms with E-state index in [-0.39, 0.29) is 5.91 Å². The van der Waals surface area contributed by atoms with Gasteiger partial charge in [0.2, 0.25) is 0 Å². The summed E-state index contributed by atoms with van der Waals surface area (Å²) in [6.45, 7) is 3.97. The van der Waals surface area contributed by atoms with Crippen molar-refractivity contribution in [3.05, 3.63) is 76.9 Å². The number of hydrogen-bond acceptors (Lipinski definition) is 4. The summed E-state index contributed by atoms with van der Waals surface area (Å²) >= 11 is 6.02. The maximum atomic E-state index is 12.7. The summed E-state index contributed by atoms with van der Waals surface area (Å²) in [5.41, 5.74) is 2.43. The zero-order valence-corrected chi connectivity index (χ0v) is 15.6. The Balaban J connectivity index is 1.37. The molecule has 138 valence electrons. The SMILES string of the molecule is O=C(c1cc(-c2cccc(Cl)c2)on1)N1CCN(Cc2ccccc2)CC1. The van der Waals surface area contributed by atoms with Gasteiger partial charge in [-0.05, 0) is 17.7 Å². The zero-order valence-electron chi connectivity index (χ0n) is 14.8. The van der Waals surface area contributed by atoms with Crippen LogP contribution >= 0.6 is 11.6 Å². The zero-order chi connectivity index (χ0) is 18.6. The molecule has 0 saturated carbocycles. The Hall–Kier alpha value is -2.63. The second-order valence-electron chi connectivity index (χ2n) is 6.64. The first-order valence-electron chi connectivity index (χ1n) is 8.97. The van der Waals surface area contributed by atoms with Gasteiger partial charge in [-0.15, -0.1) is 0 Å². The molecule has 1 aliphatic heterocycles. The maximum absolute atomic E-state index is 12.7. The molecule has 1 aromatic heterocycles. The van der Waals surface area contributed by atoms with Crippen molar-refractivity contribution in [1.82, 2.24) is 15.0 Å². The van der Waals surface area contributed by atoms with Gasteiger partial charge in [0, 0.05) is 49.4 Å². The number of carbonyl (C=O) groups is 1. The molecular weight excluding hydrogens is 362 g/mol. The molecule has 4 rings (SSSR count). The van der Waals surface area contributed by atoms with Gasteiger partial charge in [-0.3, -0.25) is 9.69 Å². The molecule has 1 aliphatic rings. The third-order valence-corrected chi connectivity index (χ3v) is 4.98. The van der Waals surface area contributed by atoms with Crippen LogP contribution in [0.15, 0.2) is 65.2 Å². The van der Waals surface area contributed by atoms with E-state index in [0.717, 1.165) is 25.2 Å². The Labute approximate surface area is 163 Å². The van der Waals surface area contributed by atoms with Gasteiger partial charge < -0.3 is 9.42 Å². The van der Waals surface area contributed by atoms with Crippen molar-refractivity contribution in [3.8, 4) is 11.3 Å². The van der Waals surface area contributed by atoms with Crippen molar-refractivity contribution < 1.29 is 9.32 Å². The van der Waals surface area contributed by atoms with Gasteiger partial charge >= 0.3 is 0 Å². The predicted octanol–water partition coefficient (Wildman–Crippen LogP) is 3.95. The van der Waals surface area contributed by atoms with Crippen LogP contribution in [-0.2, 0) is 6.54 Å². The lowest BCUT2D eigenvalue weighted by molar-refractivity contribution is 0.0618. The molecule has 1 fully saturated rings. The third-order valence-electron chi connectivity index (χ3n) is 4.75. The number of amides is 1. The average Bonchev–Trinajstić information content (AvgIpc) is 3.19.